The van der Waals surface area contributed by atoms with Gasteiger partial charge in [-0.05, 0) is 132 Å². The monoisotopic (exact) mass is 908 g/mol. The summed E-state index contributed by atoms with van der Waals surface area (Å²) in [4.78, 5) is 53.0. The first-order chi connectivity index (χ1) is 33.0. The van der Waals surface area contributed by atoms with Crippen LogP contribution in [0, 0.1) is 0 Å². The van der Waals surface area contributed by atoms with Crippen LogP contribution in [0.2, 0.25) is 0 Å². The molecule has 8 N–H and O–H groups in total. The Morgan fingerprint density at radius 1 is 0.338 bits per heavy atom. The zero-order valence-electron chi connectivity index (χ0n) is 36.8. The predicted molar refractivity (Wildman–Crippen MR) is 266 cm³/mol. The standard InChI is InChI=1S/C54H48N6O8/c1-35(31-65-47-15-7-3-11-43(47)51(61)57-39-23-19-37(55)20-24-39)33-67-49-17-9-5-13-45(49)53(63)59-41-27-29-42(30-28-41)60-54(64)46-14-6-10-18-50(46)68-34-36(2)32-66-48-16-8-4-12-44(48)52(62)58-40-25-21-38(56)22-26-40/h3-30H,1-2,31-34,55-56H2,(H,57,61)(H,58,62)(H,59,63)(H,60,64). The summed E-state index contributed by atoms with van der Waals surface area (Å²) in [7, 11) is 0. The van der Waals surface area contributed by atoms with E-state index in [4.69, 9.17) is 30.4 Å². The van der Waals surface area contributed by atoms with Crippen LogP contribution >= 0.6 is 0 Å². The van der Waals surface area contributed by atoms with Gasteiger partial charge in [0.25, 0.3) is 23.6 Å². The number of nitrogens with one attached hydrogen (secondary N) is 4. The third-order valence-electron chi connectivity index (χ3n) is 9.99. The molecule has 14 nitrogen and oxygen atoms in total. The van der Waals surface area contributed by atoms with Crippen molar-refractivity contribution in [3.63, 3.8) is 0 Å². The molecule has 14 heteroatoms. The van der Waals surface area contributed by atoms with Crippen LogP contribution in [0.3, 0.4) is 0 Å². The fraction of sp³-hybridized carbons (Fsp3) is 0.0741. The summed E-state index contributed by atoms with van der Waals surface area (Å²) in [5, 5.41) is 11.4. The van der Waals surface area contributed by atoms with E-state index in [2.05, 4.69) is 34.4 Å². The second kappa shape index (κ2) is 22.5. The van der Waals surface area contributed by atoms with Gasteiger partial charge in [0.1, 0.15) is 49.4 Å². The zero-order valence-corrected chi connectivity index (χ0v) is 36.8. The summed E-state index contributed by atoms with van der Waals surface area (Å²) in [5.41, 5.74) is 17.2. The first-order valence-electron chi connectivity index (χ1n) is 21.3. The number of nitrogens with two attached hydrogens (primary N) is 2. The maximum absolute atomic E-state index is 13.5. The fourth-order valence-electron chi connectivity index (χ4n) is 6.49. The van der Waals surface area contributed by atoms with Crippen molar-refractivity contribution in [2.45, 2.75) is 0 Å². The van der Waals surface area contributed by atoms with Crippen molar-refractivity contribution < 1.29 is 38.1 Å². The molecule has 342 valence electrons. The minimum atomic E-state index is -0.414. The number of amides is 4. The summed E-state index contributed by atoms with van der Waals surface area (Å²) < 4.78 is 23.9. The van der Waals surface area contributed by atoms with Gasteiger partial charge in [-0.2, -0.15) is 0 Å². The summed E-state index contributed by atoms with van der Waals surface area (Å²) in [5.74, 6) is -0.127. The van der Waals surface area contributed by atoms with Gasteiger partial charge >= 0.3 is 0 Å². The van der Waals surface area contributed by atoms with Gasteiger partial charge in [-0.15, -0.1) is 0 Å². The number of carbonyl (C=O) groups is 4. The van der Waals surface area contributed by atoms with Gasteiger partial charge in [0.05, 0.1) is 22.3 Å². The van der Waals surface area contributed by atoms with Crippen LogP contribution in [-0.4, -0.2) is 50.1 Å². The Labute approximate surface area is 393 Å². The molecule has 0 aliphatic heterocycles. The highest BCUT2D eigenvalue weighted by Crippen LogP contribution is 2.26. The van der Waals surface area contributed by atoms with Crippen LogP contribution < -0.4 is 51.7 Å². The molecule has 0 fully saturated rings. The van der Waals surface area contributed by atoms with Gasteiger partial charge in [-0.25, -0.2) is 0 Å². The first-order valence-corrected chi connectivity index (χ1v) is 21.3. The lowest BCUT2D eigenvalue weighted by Gasteiger charge is -2.15. The number of anilines is 6. The van der Waals surface area contributed by atoms with E-state index in [-0.39, 0.29) is 49.4 Å². The second-order valence-electron chi connectivity index (χ2n) is 15.3. The van der Waals surface area contributed by atoms with Gasteiger partial charge < -0.3 is 51.7 Å². The maximum atomic E-state index is 13.5. The quantitative estimate of drug-likeness (QED) is 0.0315. The van der Waals surface area contributed by atoms with Gasteiger partial charge in [0.2, 0.25) is 0 Å². The van der Waals surface area contributed by atoms with Crippen LogP contribution in [0.15, 0.2) is 194 Å². The molecule has 68 heavy (non-hydrogen) atoms. The number of ether oxygens (including phenoxy) is 4. The van der Waals surface area contributed by atoms with Crippen LogP contribution in [-0.2, 0) is 0 Å². The van der Waals surface area contributed by atoms with E-state index in [0.29, 0.717) is 79.4 Å². The molecule has 7 aromatic carbocycles. The molecule has 0 saturated heterocycles. The Hall–Kier alpha value is -9.30. The number of nitrogen functional groups attached to an aromatic ring is 2. The lowest BCUT2D eigenvalue weighted by molar-refractivity contribution is 0.101. The van der Waals surface area contributed by atoms with E-state index in [0.717, 1.165) is 0 Å². The highest BCUT2D eigenvalue weighted by molar-refractivity contribution is 6.08. The average Bonchev–Trinajstić information content (AvgIpc) is 3.36. The van der Waals surface area contributed by atoms with Gasteiger partial charge in [0.15, 0.2) is 0 Å². The lowest BCUT2D eigenvalue weighted by atomic mass is 10.1. The number of para-hydroxylation sites is 4. The van der Waals surface area contributed by atoms with E-state index in [9.17, 15) is 19.2 Å². The smallest absolute Gasteiger partial charge is 0.259 e. The summed E-state index contributed by atoms with van der Waals surface area (Å²) in [6.07, 6.45) is 0. The minimum absolute atomic E-state index is 0.0409. The average molecular weight is 909 g/mol. The molecular formula is C54H48N6O8. The lowest BCUT2D eigenvalue weighted by Crippen LogP contribution is -2.17. The van der Waals surface area contributed by atoms with Gasteiger partial charge in [0, 0.05) is 34.1 Å². The van der Waals surface area contributed by atoms with Crippen LogP contribution in [0.4, 0.5) is 34.1 Å². The van der Waals surface area contributed by atoms with Crippen molar-refractivity contribution in [2.24, 2.45) is 0 Å². The Kier molecular flexibility index (Phi) is 15.5. The molecule has 0 radical (unpaired) electrons. The molecule has 0 unspecified atom stereocenters. The van der Waals surface area contributed by atoms with Crippen molar-refractivity contribution in [3.05, 3.63) is 216 Å². The van der Waals surface area contributed by atoms with E-state index in [1.54, 1.807) is 170 Å². The zero-order chi connectivity index (χ0) is 47.8. The largest absolute Gasteiger partial charge is 0.488 e. The van der Waals surface area contributed by atoms with Crippen LogP contribution in [0.25, 0.3) is 0 Å². The molecule has 0 heterocycles. The van der Waals surface area contributed by atoms with Crippen molar-refractivity contribution >= 4 is 57.8 Å². The Morgan fingerprint density at radius 3 is 0.779 bits per heavy atom. The Bertz CT molecular complexity index is 2740. The van der Waals surface area contributed by atoms with E-state index < -0.39 is 11.8 Å². The van der Waals surface area contributed by atoms with Crippen LogP contribution in [0.1, 0.15) is 41.4 Å². The summed E-state index contributed by atoms with van der Waals surface area (Å²) >= 11 is 0. The number of carbonyl (C=O) groups excluding carboxylic acids is 4. The van der Waals surface area contributed by atoms with Crippen molar-refractivity contribution in [2.75, 3.05) is 59.2 Å². The number of benzene rings is 7. The topological polar surface area (TPSA) is 205 Å². The number of rotatable bonds is 20. The predicted octanol–water partition coefficient (Wildman–Crippen LogP) is 9.89. The van der Waals surface area contributed by atoms with Crippen molar-refractivity contribution in [3.8, 4) is 23.0 Å². The summed E-state index contributed by atoms with van der Waals surface area (Å²) in [6, 6.07) is 47.6. The first kappa shape index (κ1) is 46.7. The summed E-state index contributed by atoms with van der Waals surface area (Å²) in [6.45, 7) is 8.31. The Morgan fingerprint density at radius 2 is 0.544 bits per heavy atom. The third-order valence-corrected chi connectivity index (χ3v) is 9.99. The van der Waals surface area contributed by atoms with E-state index >= 15 is 0 Å². The molecule has 0 aromatic heterocycles. The van der Waals surface area contributed by atoms with Crippen LogP contribution in [0.5, 0.6) is 23.0 Å². The highest BCUT2D eigenvalue weighted by Gasteiger charge is 2.18. The molecule has 0 aliphatic carbocycles. The highest BCUT2D eigenvalue weighted by atomic mass is 16.5. The molecule has 0 atom stereocenters. The maximum Gasteiger partial charge on any atom is 0.259 e. The second-order valence-corrected chi connectivity index (χ2v) is 15.3. The molecule has 7 rings (SSSR count). The molecular weight excluding hydrogens is 861 g/mol. The SMILES string of the molecule is C=C(COc1ccccc1C(=O)Nc1ccc(N)cc1)COc1ccccc1C(=O)Nc1ccc(NC(=O)c2ccccc2OCC(=C)COc2ccccc2C(=O)Nc2ccc(N)cc2)cc1. The third kappa shape index (κ3) is 12.9. The minimum Gasteiger partial charge on any atom is -0.488 e. The molecule has 0 spiro atoms. The Balaban J connectivity index is 0.873. The molecule has 7 aromatic rings. The number of hydrogen-bond acceptors (Lipinski definition) is 10. The molecule has 4 amide bonds. The van der Waals surface area contributed by atoms with E-state index in [1.807, 2.05) is 0 Å². The molecule has 0 bridgehead atoms. The number of hydrogen-bond donors (Lipinski definition) is 6. The molecule has 0 aliphatic rings. The van der Waals surface area contributed by atoms with Crippen molar-refractivity contribution in [1.82, 2.24) is 0 Å². The molecule has 0 saturated carbocycles. The fourth-order valence-corrected chi connectivity index (χ4v) is 6.49. The normalized spacial score (nSPS) is 10.5. The van der Waals surface area contributed by atoms with E-state index in [1.165, 1.54) is 0 Å². The van der Waals surface area contributed by atoms with Gasteiger partial charge in [-0.1, -0.05) is 61.7 Å². The van der Waals surface area contributed by atoms with Crippen molar-refractivity contribution in [1.29, 1.82) is 0 Å². The van der Waals surface area contributed by atoms with Gasteiger partial charge in [-0.3, -0.25) is 19.2 Å².